The van der Waals surface area contributed by atoms with Gasteiger partial charge in [0.2, 0.25) is 0 Å². The van der Waals surface area contributed by atoms with Crippen LogP contribution in [0, 0.1) is 35.0 Å². The lowest BCUT2D eigenvalue weighted by Crippen LogP contribution is -2.11. The van der Waals surface area contributed by atoms with E-state index in [1.165, 1.54) is 25.7 Å². The van der Waals surface area contributed by atoms with E-state index >= 15 is 0 Å². The third kappa shape index (κ3) is 1.85. The van der Waals surface area contributed by atoms with Crippen LogP contribution in [-0.4, -0.2) is 0 Å². The second kappa shape index (κ2) is 3.79. The average Bonchev–Trinajstić information content (AvgIpc) is 2.53. The number of hydrogen-bond acceptors (Lipinski definition) is 0. The second-order valence-corrected chi connectivity index (χ2v) is 6.97. The van der Waals surface area contributed by atoms with Crippen molar-refractivity contribution in [1.82, 2.24) is 0 Å². The molecular formula is C15H28. The Morgan fingerprint density at radius 1 is 1.27 bits per heavy atom. The summed E-state index contributed by atoms with van der Waals surface area (Å²) in [5, 5.41) is 0. The topological polar surface area (TPSA) is 0 Å². The normalized spacial score (nSPS) is 48.4. The molecule has 0 aromatic carbocycles. The quantitative estimate of drug-likeness (QED) is 0.626. The van der Waals surface area contributed by atoms with Crippen molar-refractivity contribution in [3.05, 3.63) is 0 Å². The van der Waals surface area contributed by atoms with Crippen LogP contribution in [0.25, 0.3) is 0 Å². The molecule has 0 spiro atoms. The monoisotopic (exact) mass is 208 g/mol. The van der Waals surface area contributed by atoms with E-state index < -0.39 is 0 Å². The van der Waals surface area contributed by atoms with Crippen molar-refractivity contribution < 1.29 is 0 Å². The molecule has 0 heterocycles. The van der Waals surface area contributed by atoms with Gasteiger partial charge in [-0.05, 0) is 41.4 Å². The van der Waals surface area contributed by atoms with Gasteiger partial charge in [0.15, 0.2) is 0 Å². The minimum Gasteiger partial charge on any atom is -0.0628 e. The lowest BCUT2D eigenvalue weighted by molar-refractivity contribution is 0.292. The lowest BCUT2D eigenvalue weighted by Gasteiger charge is -2.21. The molecule has 0 aromatic heterocycles. The van der Waals surface area contributed by atoms with E-state index in [2.05, 4.69) is 34.6 Å². The first-order valence-electron chi connectivity index (χ1n) is 6.97. The van der Waals surface area contributed by atoms with E-state index in [4.69, 9.17) is 0 Å². The van der Waals surface area contributed by atoms with Gasteiger partial charge >= 0.3 is 0 Å². The van der Waals surface area contributed by atoms with Gasteiger partial charge in [-0.15, -0.1) is 0 Å². The van der Waals surface area contributed by atoms with Crippen LogP contribution in [0.15, 0.2) is 0 Å². The van der Waals surface area contributed by atoms with Gasteiger partial charge in [0.1, 0.15) is 0 Å². The van der Waals surface area contributed by atoms with E-state index in [1.54, 1.807) is 0 Å². The third-order valence-electron chi connectivity index (χ3n) is 5.60. The maximum Gasteiger partial charge on any atom is -0.0261 e. The van der Waals surface area contributed by atoms with Crippen molar-refractivity contribution in [1.29, 1.82) is 0 Å². The molecule has 88 valence electrons. The van der Waals surface area contributed by atoms with Gasteiger partial charge in [0.25, 0.3) is 0 Å². The van der Waals surface area contributed by atoms with Crippen LogP contribution in [0.5, 0.6) is 0 Å². The third-order valence-corrected chi connectivity index (χ3v) is 5.60. The Morgan fingerprint density at radius 2 is 1.93 bits per heavy atom. The fraction of sp³-hybridized carbons (Fsp3) is 1.00. The fourth-order valence-corrected chi connectivity index (χ4v) is 4.41. The molecule has 0 nitrogen and oxygen atoms in total. The van der Waals surface area contributed by atoms with Crippen LogP contribution in [-0.2, 0) is 0 Å². The van der Waals surface area contributed by atoms with Gasteiger partial charge in [0, 0.05) is 0 Å². The van der Waals surface area contributed by atoms with Gasteiger partial charge in [-0.3, -0.25) is 0 Å². The van der Waals surface area contributed by atoms with E-state index in [9.17, 15) is 0 Å². The number of rotatable bonds is 4. The van der Waals surface area contributed by atoms with E-state index in [0.717, 1.165) is 35.0 Å². The van der Waals surface area contributed by atoms with Crippen molar-refractivity contribution in [3.63, 3.8) is 0 Å². The van der Waals surface area contributed by atoms with Crippen molar-refractivity contribution in [2.75, 3.05) is 0 Å². The summed E-state index contributed by atoms with van der Waals surface area (Å²) in [6, 6.07) is 0. The molecule has 5 unspecified atom stereocenters. The molecule has 0 radical (unpaired) electrons. The zero-order chi connectivity index (χ0) is 11.2. The minimum absolute atomic E-state index is 0.752. The Morgan fingerprint density at radius 3 is 2.40 bits per heavy atom. The van der Waals surface area contributed by atoms with Gasteiger partial charge in [0.05, 0.1) is 0 Å². The van der Waals surface area contributed by atoms with Crippen LogP contribution < -0.4 is 0 Å². The number of hydrogen-bond donors (Lipinski definition) is 0. The van der Waals surface area contributed by atoms with Gasteiger partial charge in [-0.25, -0.2) is 0 Å². The highest BCUT2D eigenvalue weighted by atomic mass is 14.7. The molecule has 0 bridgehead atoms. The molecule has 0 saturated heterocycles. The van der Waals surface area contributed by atoms with E-state index in [-0.39, 0.29) is 0 Å². The molecule has 2 aliphatic rings. The molecule has 2 rings (SSSR count). The van der Waals surface area contributed by atoms with Crippen molar-refractivity contribution in [3.8, 4) is 0 Å². The first-order chi connectivity index (χ1) is 6.97. The van der Waals surface area contributed by atoms with Gasteiger partial charge in [-0.2, -0.15) is 0 Å². The second-order valence-electron chi connectivity index (χ2n) is 6.97. The average molecular weight is 208 g/mol. The highest BCUT2D eigenvalue weighted by molar-refractivity contribution is 5.14. The van der Waals surface area contributed by atoms with Crippen molar-refractivity contribution in [2.24, 2.45) is 35.0 Å². The Kier molecular flexibility index (Phi) is 2.90. The summed E-state index contributed by atoms with van der Waals surface area (Å²) in [4.78, 5) is 0. The molecule has 15 heavy (non-hydrogen) atoms. The highest BCUT2D eigenvalue weighted by Gasteiger charge is 2.66. The largest absolute Gasteiger partial charge is 0.0628 e. The SMILES string of the molecule is CC(C)CCCC1CC2(C)C(C)C2C1C. The Labute approximate surface area is 95.8 Å². The standard InChI is InChI=1S/C15H28/c1-10(2)7-6-8-13-9-15(5)12(4)14(15)11(13)3/h10-14H,6-9H2,1-5H3. The van der Waals surface area contributed by atoms with Crippen LogP contribution in [0.3, 0.4) is 0 Å². The fourth-order valence-electron chi connectivity index (χ4n) is 4.41. The summed E-state index contributed by atoms with van der Waals surface area (Å²) in [5.41, 5.74) is 0.752. The Bertz CT molecular complexity index is 230. The Balaban J connectivity index is 1.78. The van der Waals surface area contributed by atoms with Crippen molar-refractivity contribution in [2.45, 2.75) is 60.3 Å². The molecule has 0 N–H and O–H groups in total. The smallest absolute Gasteiger partial charge is 0.0261 e. The summed E-state index contributed by atoms with van der Waals surface area (Å²) in [6.45, 7) is 12.2. The molecular weight excluding hydrogens is 180 g/mol. The molecule has 5 atom stereocenters. The first-order valence-corrected chi connectivity index (χ1v) is 6.97. The molecule has 0 aliphatic heterocycles. The predicted octanol–water partition coefficient (Wildman–Crippen LogP) is 4.74. The van der Waals surface area contributed by atoms with Crippen LogP contribution in [0.4, 0.5) is 0 Å². The predicted molar refractivity (Wildman–Crippen MR) is 66.7 cm³/mol. The highest BCUT2D eigenvalue weighted by Crippen LogP contribution is 2.72. The molecule has 2 saturated carbocycles. The summed E-state index contributed by atoms with van der Waals surface area (Å²) < 4.78 is 0. The molecule has 0 amide bonds. The van der Waals surface area contributed by atoms with Crippen LogP contribution in [0.2, 0.25) is 0 Å². The molecule has 2 fully saturated rings. The van der Waals surface area contributed by atoms with Gasteiger partial charge < -0.3 is 0 Å². The zero-order valence-electron chi connectivity index (χ0n) is 11.2. The molecule has 0 aromatic rings. The maximum absolute atomic E-state index is 2.53. The molecule has 0 heteroatoms. The Hall–Kier alpha value is 0. The van der Waals surface area contributed by atoms with Crippen LogP contribution in [0.1, 0.15) is 60.3 Å². The molecule has 2 aliphatic carbocycles. The van der Waals surface area contributed by atoms with E-state index in [1.807, 2.05) is 0 Å². The zero-order valence-corrected chi connectivity index (χ0v) is 11.2. The van der Waals surface area contributed by atoms with E-state index in [0.29, 0.717) is 0 Å². The number of fused-ring (bicyclic) bond motifs is 1. The summed E-state index contributed by atoms with van der Waals surface area (Å²) in [6.07, 6.45) is 5.92. The van der Waals surface area contributed by atoms with Crippen molar-refractivity contribution >= 4 is 0 Å². The van der Waals surface area contributed by atoms with Crippen LogP contribution >= 0.6 is 0 Å². The summed E-state index contributed by atoms with van der Waals surface area (Å²) in [5.74, 6) is 5.05. The summed E-state index contributed by atoms with van der Waals surface area (Å²) in [7, 11) is 0. The first kappa shape index (κ1) is 11.5. The minimum atomic E-state index is 0.752. The van der Waals surface area contributed by atoms with Gasteiger partial charge in [-0.1, -0.05) is 53.9 Å². The maximum atomic E-state index is 2.53. The summed E-state index contributed by atoms with van der Waals surface area (Å²) >= 11 is 0. The lowest BCUT2D eigenvalue weighted by atomic mass is 9.84.